The van der Waals surface area contributed by atoms with E-state index < -0.39 is 155 Å². The van der Waals surface area contributed by atoms with E-state index in [2.05, 4.69) is 24.5 Å². The molecule has 582 valence electrons. The van der Waals surface area contributed by atoms with Gasteiger partial charge in [0, 0.05) is 19.8 Å². The summed E-state index contributed by atoms with van der Waals surface area (Å²) in [4.78, 5) is 38.6. The van der Waals surface area contributed by atoms with E-state index >= 15 is 0 Å². The maximum atomic E-state index is 13.5. The van der Waals surface area contributed by atoms with Crippen molar-refractivity contribution in [1.29, 1.82) is 0 Å². The number of carboxylic acid groups (broad SMARTS) is 1. The summed E-state index contributed by atoms with van der Waals surface area (Å²) in [6, 6.07) is -2.61. The number of unbranched alkanes of at least 4 members (excludes halogenated alkanes) is 42. The molecule has 3 aliphatic heterocycles. The van der Waals surface area contributed by atoms with Crippen molar-refractivity contribution in [1.82, 2.24) is 10.6 Å². The van der Waals surface area contributed by atoms with E-state index in [4.69, 9.17) is 28.4 Å². The second-order valence-electron chi connectivity index (χ2n) is 28.9. The summed E-state index contributed by atoms with van der Waals surface area (Å²) < 4.78 is 34.9. The number of amides is 2. The molecule has 0 aliphatic carbocycles. The van der Waals surface area contributed by atoms with Crippen molar-refractivity contribution < 1.29 is 104 Å². The fourth-order valence-corrected chi connectivity index (χ4v) is 13.9. The van der Waals surface area contributed by atoms with Crippen molar-refractivity contribution in [2.45, 2.75) is 426 Å². The molecule has 14 N–H and O–H groups in total. The summed E-state index contributed by atoms with van der Waals surface area (Å²) in [7, 11) is 0. The third-order valence-corrected chi connectivity index (χ3v) is 20.2. The van der Waals surface area contributed by atoms with Gasteiger partial charge < -0.3 is 100 Å². The lowest BCUT2D eigenvalue weighted by Crippen LogP contribution is -2.70. The van der Waals surface area contributed by atoms with Crippen LogP contribution in [-0.4, -0.2) is 215 Å². The minimum Gasteiger partial charge on any atom is -0.477 e. The predicted molar refractivity (Wildman–Crippen MR) is 380 cm³/mol. The van der Waals surface area contributed by atoms with Crippen LogP contribution in [0, 0.1) is 0 Å². The summed E-state index contributed by atoms with van der Waals surface area (Å²) in [6.07, 6.45) is 29.7. The molecule has 0 bridgehead atoms. The Kier molecular flexibility index (Phi) is 51.2. The average molecular weight is 1420 g/mol. The Morgan fingerprint density at radius 3 is 1.34 bits per heavy atom. The molecule has 2 amide bonds. The summed E-state index contributed by atoms with van der Waals surface area (Å²) in [6.45, 7) is 2.18. The maximum absolute atomic E-state index is 13.5. The zero-order chi connectivity index (χ0) is 72.5. The Morgan fingerprint density at radius 1 is 0.525 bits per heavy atom. The summed E-state index contributed by atoms with van der Waals surface area (Å²) in [5.41, 5.74) is 0. The molecule has 3 saturated heterocycles. The van der Waals surface area contributed by atoms with E-state index in [1.165, 1.54) is 225 Å². The topological polar surface area (TPSA) is 373 Å². The summed E-state index contributed by atoms with van der Waals surface area (Å²) in [5.74, 6) is -6.13. The number of carbonyl (C=O) groups is 3. The highest BCUT2D eigenvalue weighted by atomic mass is 16.8. The SMILES string of the molecule is CCCCCCCCCCCCCCCCC/C=C/C(O)C(COC1OC(CO)C(OC2OC(CO)C(O)C(OC3(C(=O)O)CC(O)C(NC(C)=O)C(C(O)C(O)CO)O3)C2O)C(O)C1O)NC(=O)CCCCCCCCCCCCCCCCCCCCCCCCCCCCCC. The van der Waals surface area contributed by atoms with Crippen LogP contribution in [0.1, 0.15) is 316 Å². The lowest BCUT2D eigenvalue weighted by atomic mass is 9.88. The molecule has 18 unspecified atom stereocenters. The first-order valence-electron chi connectivity index (χ1n) is 39.6. The van der Waals surface area contributed by atoms with Gasteiger partial charge in [0.1, 0.15) is 67.1 Å². The molecule has 3 fully saturated rings. The number of aliphatic hydroxyl groups excluding tert-OH is 11. The molecule has 0 aromatic rings. The fraction of sp³-hybridized carbons (Fsp3) is 0.934. The highest BCUT2D eigenvalue weighted by molar-refractivity contribution is 5.77. The van der Waals surface area contributed by atoms with Crippen LogP contribution in [0.4, 0.5) is 0 Å². The predicted octanol–water partition coefficient (Wildman–Crippen LogP) is 9.80. The van der Waals surface area contributed by atoms with Crippen LogP contribution in [0.3, 0.4) is 0 Å². The number of hydrogen-bond donors (Lipinski definition) is 14. The molecule has 23 heteroatoms. The van der Waals surface area contributed by atoms with Crippen LogP contribution in [0.5, 0.6) is 0 Å². The van der Waals surface area contributed by atoms with Gasteiger partial charge in [-0.25, -0.2) is 4.79 Å². The first kappa shape index (κ1) is 90.7. The number of ether oxygens (including phenoxy) is 6. The Hall–Kier alpha value is -2.53. The molecular formula is C76H142N2O21. The summed E-state index contributed by atoms with van der Waals surface area (Å²) in [5, 5.41) is 136. The van der Waals surface area contributed by atoms with Gasteiger partial charge in [-0.2, -0.15) is 0 Å². The van der Waals surface area contributed by atoms with Crippen LogP contribution in [0.25, 0.3) is 0 Å². The van der Waals surface area contributed by atoms with Gasteiger partial charge >= 0.3 is 5.97 Å². The lowest BCUT2D eigenvalue weighted by Gasteiger charge is -2.50. The first-order chi connectivity index (χ1) is 47.9. The Morgan fingerprint density at radius 2 is 0.939 bits per heavy atom. The van der Waals surface area contributed by atoms with Gasteiger partial charge in [-0.15, -0.1) is 0 Å². The van der Waals surface area contributed by atoms with Crippen molar-refractivity contribution in [2.24, 2.45) is 0 Å². The molecule has 23 nitrogen and oxygen atoms in total. The molecule has 0 aromatic carbocycles. The van der Waals surface area contributed by atoms with E-state index in [0.717, 1.165) is 51.9 Å². The van der Waals surface area contributed by atoms with Crippen LogP contribution in [0.2, 0.25) is 0 Å². The molecular weight excluding hydrogens is 1280 g/mol. The van der Waals surface area contributed by atoms with Crippen molar-refractivity contribution in [2.75, 3.05) is 26.4 Å². The van der Waals surface area contributed by atoms with Gasteiger partial charge in [0.25, 0.3) is 5.79 Å². The number of carboxylic acids is 1. The van der Waals surface area contributed by atoms with E-state index in [0.29, 0.717) is 12.8 Å². The van der Waals surface area contributed by atoms with Crippen LogP contribution in [0.15, 0.2) is 12.2 Å². The standard InChI is InChI=1S/C76H142N2O21/c1-4-6-8-10-12-14-16-18-20-22-23-24-25-26-27-28-29-30-31-32-34-36-38-40-42-44-46-48-50-63(86)78-57(58(83)49-47-45-43-41-39-37-35-33-21-19-17-15-13-11-9-7-5-2)55-94-73-68(90)67(89)70(62(54-81)96-73)97-74-69(91)72(66(88)61(53-80)95-74)99-76(75(92)93)51-59(84)64(77-56(3)82)71(98-76)65(87)60(85)52-79/h47,49,57-62,64-74,79-81,83-85,87-91H,4-46,48,50-55H2,1-3H3,(H,77,82)(H,78,86)(H,92,93)/b49-47+. The quantitative estimate of drug-likeness (QED) is 0.0199. The summed E-state index contributed by atoms with van der Waals surface area (Å²) >= 11 is 0. The number of nitrogens with one attached hydrogen (secondary N) is 2. The van der Waals surface area contributed by atoms with Crippen LogP contribution in [-0.2, 0) is 42.8 Å². The minimum atomic E-state index is -3.08. The number of rotatable bonds is 62. The number of allylic oxidation sites excluding steroid dienone is 1. The highest BCUT2D eigenvalue weighted by Gasteiger charge is 2.60. The average Bonchev–Trinajstić information content (AvgIpc) is 0.763. The molecule has 3 heterocycles. The van der Waals surface area contributed by atoms with Gasteiger partial charge in [0.05, 0.1) is 50.7 Å². The lowest BCUT2D eigenvalue weighted by molar-refractivity contribution is -0.386. The van der Waals surface area contributed by atoms with Gasteiger partial charge in [-0.3, -0.25) is 9.59 Å². The molecule has 3 aliphatic rings. The van der Waals surface area contributed by atoms with Gasteiger partial charge in [-0.1, -0.05) is 289 Å². The second kappa shape index (κ2) is 55.9. The molecule has 0 radical (unpaired) electrons. The minimum absolute atomic E-state index is 0.206. The number of carbonyl (C=O) groups excluding carboxylic acids is 2. The maximum Gasteiger partial charge on any atom is 0.364 e. The Balaban J connectivity index is 1.51. The number of aliphatic hydroxyl groups is 11. The van der Waals surface area contributed by atoms with Crippen molar-refractivity contribution in [3.05, 3.63) is 12.2 Å². The van der Waals surface area contributed by atoms with Crippen molar-refractivity contribution in [3.8, 4) is 0 Å². The Labute approximate surface area is 594 Å². The zero-order valence-corrected chi connectivity index (χ0v) is 61.4. The highest BCUT2D eigenvalue weighted by Crippen LogP contribution is 2.39. The molecule has 3 rings (SSSR count). The van der Waals surface area contributed by atoms with Crippen LogP contribution < -0.4 is 10.6 Å². The fourth-order valence-electron chi connectivity index (χ4n) is 13.9. The number of aliphatic carboxylic acids is 1. The molecule has 0 saturated carbocycles. The van der Waals surface area contributed by atoms with E-state index in [1.807, 2.05) is 6.08 Å². The monoisotopic (exact) mass is 1420 g/mol. The van der Waals surface area contributed by atoms with E-state index in [1.54, 1.807) is 6.08 Å². The molecule has 0 spiro atoms. The van der Waals surface area contributed by atoms with Crippen molar-refractivity contribution >= 4 is 17.8 Å². The molecule has 18 atom stereocenters. The van der Waals surface area contributed by atoms with Crippen molar-refractivity contribution in [3.63, 3.8) is 0 Å². The number of hydrogen-bond acceptors (Lipinski definition) is 20. The van der Waals surface area contributed by atoms with E-state index in [9.17, 15) is 75.7 Å². The van der Waals surface area contributed by atoms with Crippen LogP contribution >= 0.6 is 0 Å². The Bertz CT molecular complexity index is 2030. The second-order valence-corrected chi connectivity index (χ2v) is 28.9. The normalized spacial score (nSPS) is 27.1. The van der Waals surface area contributed by atoms with Gasteiger partial charge in [-0.05, 0) is 19.3 Å². The largest absolute Gasteiger partial charge is 0.477 e. The first-order valence-corrected chi connectivity index (χ1v) is 39.6. The van der Waals surface area contributed by atoms with E-state index in [-0.39, 0.29) is 12.3 Å². The third-order valence-electron chi connectivity index (χ3n) is 20.2. The van der Waals surface area contributed by atoms with Gasteiger partial charge in [0.15, 0.2) is 12.6 Å². The molecule has 99 heavy (non-hydrogen) atoms. The third kappa shape index (κ3) is 36.8. The molecule has 0 aromatic heterocycles. The van der Waals surface area contributed by atoms with Gasteiger partial charge in [0.2, 0.25) is 11.8 Å². The zero-order valence-electron chi connectivity index (χ0n) is 61.4. The smallest absolute Gasteiger partial charge is 0.364 e.